The van der Waals surface area contributed by atoms with Crippen LogP contribution in [0.5, 0.6) is 0 Å². The van der Waals surface area contributed by atoms with E-state index in [4.69, 9.17) is 0 Å². The van der Waals surface area contributed by atoms with Crippen LogP contribution >= 0.6 is 11.3 Å². The molecule has 0 unspecified atom stereocenters. The molecule has 1 amide bonds. The first kappa shape index (κ1) is 18.1. The standard InChI is InChI=1S/C20H27N3OS/c1-16-19(25-18(22-16)15-17-9-5-4-6-10-17)20(24)21-11-14-23-12-7-2-3-8-13-23/h4-6,9-10H,2-3,7-8,11-15H2,1H3,(H,21,24). The van der Waals surface area contributed by atoms with Crippen molar-refractivity contribution in [2.75, 3.05) is 26.2 Å². The Kier molecular flexibility index (Phi) is 6.59. The Hall–Kier alpha value is -1.72. The predicted octanol–water partition coefficient (Wildman–Crippen LogP) is 3.65. The average molecular weight is 358 g/mol. The Labute approximate surface area is 154 Å². The van der Waals surface area contributed by atoms with Crippen LogP contribution in [-0.4, -0.2) is 42.0 Å². The number of aryl methyl sites for hydroxylation is 1. The summed E-state index contributed by atoms with van der Waals surface area (Å²) in [5.41, 5.74) is 2.06. The zero-order chi connectivity index (χ0) is 17.5. The van der Waals surface area contributed by atoms with Crippen molar-refractivity contribution in [1.82, 2.24) is 15.2 Å². The molecule has 1 fully saturated rings. The van der Waals surface area contributed by atoms with E-state index in [0.29, 0.717) is 6.54 Å². The first-order chi connectivity index (χ1) is 12.2. The van der Waals surface area contributed by atoms with Crippen LogP contribution < -0.4 is 5.32 Å². The smallest absolute Gasteiger partial charge is 0.263 e. The van der Waals surface area contributed by atoms with Gasteiger partial charge < -0.3 is 10.2 Å². The van der Waals surface area contributed by atoms with E-state index in [2.05, 4.69) is 27.3 Å². The summed E-state index contributed by atoms with van der Waals surface area (Å²) >= 11 is 1.52. The minimum absolute atomic E-state index is 0.0177. The molecule has 2 aromatic rings. The van der Waals surface area contributed by atoms with Crippen molar-refractivity contribution >= 4 is 17.2 Å². The lowest BCUT2D eigenvalue weighted by Gasteiger charge is -2.19. The normalized spacial score (nSPS) is 15.7. The van der Waals surface area contributed by atoms with E-state index >= 15 is 0 Å². The van der Waals surface area contributed by atoms with Crippen LogP contribution in [0.1, 0.15) is 51.6 Å². The van der Waals surface area contributed by atoms with Gasteiger partial charge in [0.05, 0.1) is 10.7 Å². The van der Waals surface area contributed by atoms with Crippen molar-refractivity contribution < 1.29 is 4.79 Å². The molecule has 1 aromatic carbocycles. The van der Waals surface area contributed by atoms with Crippen molar-refractivity contribution in [3.8, 4) is 0 Å². The van der Waals surface area contributed by atoms with Gasteiger partial charge in [-0.15, -0.1) is 11.3 Å². The molecule has 1 aliphatic rings. The molecule has 0 spiro atoms. The number of carbonyl (C=O) groups is 1. The number of amides is 1. The molecule has 0 aliphatic carbocycles. The topological polar surface area (TPSA) is 45.2 Å². The fourth-order valence-electron chi connectivity index (χ4n) is 3.28. The first-order valence-corrected chi connectivity index (χ1v) is 10.0. The highest BCUT2D eigenvalue weighted by atomic mass is 32.1. The van der Waals surface area contributed by atoms with Gasteiger partial charge in [-0.25, -0.2) is 4.98 Å². The fourth-order valence-corrected chi connectivity index (χ4v) is 4.29. The minimum atomic E-state index is 0.0177. The largest absolute Gasteiger partial charge is 0.350 e. The van der Waals surface area contributed by atoms with Crippen LogP contribution in [0.3, 0.4) is 0 Å². The van der Waals surface area contributed by atoms with Crippen LogP contribution in [0.4, 0.5) is 0 Å². The third-order valence-electron chi connectivity index (χ3n) is 4.66. The Morgan fingerprint density at radius 2 is 1.88 bits per heavy atom. The van der Waals surface area contributed by atoms with Gasteiger partial charge in [0.1, 0.15) is 4.88 Å². The summed E-state index contributed by atoms with van der Waals surface area (Å²) in [4.78, 5) is 20.3. The third kappa shape index (κ3) is 5.38. The first-order valence-electron chi connectivity index (χ1n) is 9.23. The summed E-state index contributed by atoms with van der Waals surface area (Å²) in [5.74, 6) is 0.0177. The van der Waals surface area contributed by atoms with Crippen molar-refractivity contribution in [1.29, 1.82) is 0 Å². The third-order valence-corrected chi connectivity index (χ3v) is 5.81. The fraction of sp³-hybridized carbons (Fsp3) is 0.500. The van der Waals surface area contributed by atoms with Crippen LogP contribution in [0, 0.1) is 6.92 Å². The molecule has 1 saturated heterocycles. The number of nitrogens with zero attached hydrogens (tertiary/aromatic N) is 2. The van der Waals surface area contributed by atoms with E-state index in [9.17, 15) is 4.79 Å². The molecular formula is C20H27N3OS. The predicted molar refractivity (Wildman–Crippen MR) is 103 cm³/mol. The van der Waals surface area contributed by atoms with Gasteiger partial charge in [-0.05, 0) is 38.4 Å². The second-order valence-corrected chi connectivity index (χ2v) is 7.78. The molecule has 1 aliphatic heterocycles. The van der Waals surface area contributed by atoms with Gasteiger partial charge in [0, 0.05) is 19.5 Å². The number of carbonyl (C=O) groups excluding carboxylic acids is 1. The van der Waals surface area contributed by atoms with Gasteiger partial charge in [-0.1, -0.05) is 43.2 Å². The van der Waals surface area contributed by atoms with E-state index in [1.165, 1.54) is 42.6 Å². The van der Waals surface area contributed by atoms with Gasteiger partial charge >= 0.3 is 0 Å². The summed E-state index contributed by atoms with van der Waals surface area (Å²) in [6.07, 6.45) is 6.03. The van der Waals surface area contributed by atoms with Crippen LogP contribution in [-0.2, 0) is 6.42 Å². The number of aromatic nitrogens is 1. The SMILES string of the molecule is Cc1nc(Cc2ccccc2)sc1C(=O)NCCN1CCCCCC1. The number of nitrogens with one attached hydrogen (secondary N) is 1. The van der Waals surface area contributed by atoms with Gasteiger partial charge in [0.15, 0.2) is 0 Å². The van der Waals surface area contributed by atoms with Crippen molar-refractivity contribution in [3.63, 3.8) is 0 Å². The molecule has 0 bridgehead atoms. The molecule has 5 heteroatoms. The van der Waals surface area contributed by atoms with E-state index < -0.39 is 0 Å². The average Bonchev–Trinajstić information content (AvgIpc) is 2.82. The van der Waals surface area contributed by atoms with E-state index in [1.807, 2.05) is 25.1 Å². The molecule has 2 heterocycles. The Morgan fingerprint density at radius 3 is 2.60 bits per heavy atom. The Bertz CT molecular complexity index is 676. The number of rotatable bonds is 6. The van der Waals surface area contributed by atoms with Crippen LogP contribution in [0.25, 0.3) is 0 Å². The number of likely N-dealkylation sites (tertiary alicyclic amines) is 1. The van der Waals surface area contributed by atoms with Crippen molar-refractivity contribution in [2.24, 2.45) is 0 Å². The number of hydrogen-bond donors (Lipinski definition) is 1. The summed E-state index contributed by atoms with van der Waals surface area (Å²) in [5, 5.41) is 4.08. The summed E-state index contributed by atoms with van der Waals surface area (Å²) in [6, 6.07) is 10.3. The maximum Gasteiger partial charge on any atom is 0.263 e. The van der Waals surface area contributed by atoms with Gasteiger partial charge in [0.2, 0.25) is 0 Å². The minimum Gasteiger partial charge on any atom is -0.350 e. The lowest BCUT2D eigenvalue weighted by atomic mass is 10.2. The number of hydrogen-bond acceptors (Lipinski definition) is 4. The number of thiazole rings is 1. The molecule has 1 N–H and O–H groups in total. The highest BCUT2D eigenvalue weighted by Crippen LogP contribution is 2.20. The Morgan fingerprint density at radius 1 is 1.16 bits per heavy atom. The molecule has 134 valence electrons. The quantitative estimate of drug-likeness (QED) is 0.858. The highest BCUT2D eigenvalue weighted by molar-refractivity contribution is 7.13. The van der Waals surface area contributed by atoms with Gasteiger partial charge in [-0.2, -0.15) is 0 Å². The van der Waals surface area contributed by atoms with E-state index in [1.54, 1.807) is 0 Å². The molecule has 0 atom stereocenters. The molecule has 0 radical (unpaired) electrons. The highest BCUT2D eigenvalue weighted by Gasteiger charge is 2.16. The van der Waals surface area contributed by atoms with Crippen LogP contribution in [0.2, 0.25) is 0 Å². The maximum absolute atomic E-state index is 12.5. The molecule has 3 rings (SSSR count). The zero-order valence-electron chi connectivity index (χ0n) is 15.0. The second-order valence-electron chi connectivity index (χ2n) is 6.70. The van der Waals surface area contributed by atoms with E-state index in [-0.39, 0.29) is 5.91 Å². The molecule has 1 aromatic heterocycles. The summed E-state index contributed by atoms with van der Waals surface area (Å²) < 4.78 is 0. The molecular weight excluding hydrogens is 330 g/mol. The summed E-state index contributed by atoms with van der Waals surface area (Å²) in [7, 11) is 0. The Balaban J connectivity index is 1.51. The number of benzene rings is 1. The van der Waals surface area contributed by atoms with Crippen molar-refractivity contribution in [3.05, 3.63) is 51.5 Å². The molecule has 25 heavy (non-hydrogen) atoms. The zero-order valence-corrected chi connectivity index (χ0v) is 15.8. The molecule has 4 nitrogen and oxygen atoms in total. The lowest BCUT2D eigenvalue weighted by Crippen LogP contribution is -2.35. The van der Waals surface area contributed by atoms with Crippen LogP contribution in [0.15, 0.2) is 30.3 Å². The van der Waals surface area contributed by atoms with E-state index in [0.717, 1.165) is 41.6 Å². The maximum atomic E-state index is 12.5. The van der Waals surface area contributed by atoms with Gasteiger partial charge in [-0.3, -0.25) is 4.79 Å². The second kappa shape index (κ2) is 9.11. The monoisotopic (exact) mass is 357 g/mol. The lowest BCUT2D eigenvalue weighted by molar-refractivity contribution is 0.0952. The summed E-state index contributed by atoms with van der Waals surface area (Å²) in [6.45, 7) is 5.91. The molecule has 0 saturated carbocycles. The van der Waals surface area contributed by atoms with Gasteiger partial charge in [0.25, 0.3) is 5.91 Å². The van der Waals surface area contributed by atoms with Crippen molar-refractivity contribution in [2.45, 2.75) is 39.0 Å².